The number of hydrogen-bond donors (Lipinski definition) is 6. The molecule has 11 nitrogen and oxygen atoms in total. The van der Waals surface area contributed by atoms with Gasteiger partial charge in [-0.25, -0.2) is 0 Å². The molecule has 9 N–H and O–H groups in total. The molecule has 0 aromatic heterocycles. The van der Waals surface area contributed by atoms with Gasteiger partial charge in [-0.05, 0) is 36.7 Å². The Labute approximate surface area is 231 Å². The summed E-state index contributed by atoms with van der Waals surface area (Å²) in [5, 5.41) is 22.6. The van der Waals surface area contributed by atoms with Gasteiger partial charge in [0.15, 0.2) is 11.6 Å². The Hall–Kier alpha value is -2.60. The molecule has 0 spiro atoms. The van der Waals surface area contributed by atoms with Gasteiger partial charge in [0.05, 0.1) is 18.7 Å². The number of amides is 1. The average Bonchev–Trinajstić information content (AvgIpc) is 2.87. The molecule has 6 atom stereocenters. The third-order valence-electron chi connectivity index (χ3n) is 7.22. The lowest BCUT2D eigenvalue weighted by Crippen LogP contribution is -2.45. The van der Waals surface area contributed by atoms with Gasteiger partial charge in [-0.3, -0.25) is 19.2 Å². The Balaban J connectivity index is 3.31. The SMILES string of the molecule is CC[C@H](C)[C@H](N)C(=O)NCC1=CC(C(=O)C[C@H](N)C(=O)O)=C(C(=O)C(C[C@H](O)[C@@H](N)CC(C)C)C(C)C)CO1. The van der Waals surface area contributed by atoms with E-state index < -0.39 is 48.3 Å². The molecule has 0 aromatic rings. The molecule has 0 saturated carbocycles. The second-order valence-electron chi connectivity index (χ2n) is 11.3. The molecular weight excluding hydrogens is 504 g/mol. The molecule has 1 rings (SSSR count). The molecule has 0 fully saturated rings. The van der Waals surface area contributed by atoms with Crippen LogP contribution in [-0.2, 0) is 23.9 Å². The number of Topliss-reactive ketones (excluding diaryl/α,β-unsaturated/α-hetero) is 2. The first-order chi connectivity index (χ1) is 18.1. The van der Waals surface area contributed by atoms with Gasteiger partial charge in [0.25, 0.3) is 0 Å². The number of ketones is 2. The fourth-order valence-electron chi connectivity index (χ4n) is 4.33. The van der Waals surface area contributed by atoms with Crippen molar-refractivity contribution < 1.29 is 34.1 Å². The van der Waals surface area contributed by atoms with Crippen LogP contribution in [0.3, 0.4) is 0 Å². The number of aliphatic hydroxyl groups is 1. The standard InChI is InChI=1S/C28H48N4O7/c1-7-16(6)25(31)27(36)32-12-17-9-19(23(33)11-22(30)28(37)38)20(13-39-17)26(35)18(15(4)5)10-24(34)21(29)8-14(2)3/h9,14-16,18,21-22,24-25,34H,7-8,10-13,29-31H2,1-6H3,(H,32,36)(H,37,38)/t16-,18?,21-,22-,24-,25-/m0/s1. The molecular formula is C28H48N4O7. The summed E-state index contributed by atoms with van der Waals surface area (Å²) in [5.74, 6) is -3.13. The Morgan fingerprint density at radius 1 is 1.05 bits per heavy atom. The maximum Gasteiger partial charge on any atom is 0.320 e. The summed E-state index contributed by atoms with van der Waals surface area (Å²) in [5.41, 5.74) is 17.8. The van der Waals surface area contributed by atoms with Gasteiger partial charge in [0.1, 0.15) is 18.4 Å². The minimum Gasteiger partial charge on any atom is -0.491 e. The van der Waals surface area contributed by atoms with Crippen LogP contribution in [0.5, 0.6) is 0 Å². The van der Waals surface area contributed by atoms with Crippen LogP contribution in [0.15, 0.2) is 23.0 Å². The zero-order valence-corrected chi connectivity index (χ0v) is 24.1. The fourth-order valence-corrected chi connectivity index (χ4v) is 4.33. The molecule has 11 heteroatoms. The van der Waals surface area contributed by atoms with E-state index >= 15 is 0 Å². The molecule has 0 radical (unpaired) electrons. The number of rotatable bonds is 17. The summed E-state index contributed by atoms with van der Waals surface area (Å²) in [6.45, 7) is 11.1. The van der Waals surface area contributed by atoms with Crippen LogP contribution in [0.25, 0.3) is 0 Å². The zero-order chi connectivity index (χ0) is 30.0. The van der Waals surface area contributed by atoms with Crippen molar-refractivity contribution in [3.05, 3.63) is 23.0 Å². The van der Waals surface area contributed by atoms with Crippen molar-refractivity contribution >= 4 is 23.4 Å². The molecule has 222 valence electrons. The van der Waals surface area contributed by atoms with Crippen molar-refractivity contribution in [3.8, 4) is 0 Å². The van der Waals surface area contributed by atoms with Crippen LogP contribution in [0.2, 0.25) is 0 Å². The normalized spacial score (nSPS) is 18.5. The topological polar surface area (TPSA) is 208 Å². The van der Waals surface area contributed by atoms with E-state index in [1.807, 2.05) is 41.5 Å². The number of hydrogen-bond acceptors (Lipinski definition) is 9. The Kier molecular flexibility index (Phi) is 14.0. The van der Waals surface area contributed by atoms with Gasteiger partial charge >= 0.3 is 5.97 Å². The highest BCUT2D eigenvalue weighted by molar-refractivity contribution is 6.10. The molecule has 1 aliphatic heterocycles. The Morgan fingerprint density at radius 3 is 2.18 bits per heavy atom. The number of nitrogens with two attached hydrogens (primary N) is 3. The molecule has 0 saturated heterocycles. The summed E-state index contributed by atoms with van der Waals surface area (Å²) < 4.78 is 5.74. The second-order valence-corrected chi connectivity index (χ2v) is 11.3. The lowest BCUT2D eigenvalue weighted by molar-refractivity contribution is -0.139. The number of allylic oxidation sites excluding steroid dienone is 2. The monoisotopic (exact) mass is 552 g/mol. The van der Waals surface area contributed by atoms with Crippen LogP contribution in [0.1, 0.15) is 67.2 Å². The van der Waals surface area contributed by atoms with Gasteiger partial charge in [-0.2, -0.15) is 0 Å². The molecule has 1 amide bonds. The molecule has 1 aliphatic rings. The van der Waals surface area contributed by atoms with Crippen molar-refractivity contribution in [1.82, 2.24) is 5.32 Å². The first-order valence-corrected chi connectivity index (χ1v) is 13.7. The first-order valence-electron chi connectivity index (χ1n) is 13.7. The van der Waals surface area contributed by atoms with Crippen LogP contribution >= 0.6 is 0 Å². The van der Waals surface area contributed by atoms with E-state index in [0.717, 1.165) is 6.42 Å². The van der Waals surface area contributed by atoms with Gasteiger partial charge in [0.2, 0.25) is 5.91 Å². The van der Waals surface area contributed by atoms with E-state index in [2.05, 4.69) is 5.32 Å². The number of aliphatic carboxylic acids is 1. The van der Waals surface area contributed by atoms with E-state index in [4.69, 9.17) is 21.9 Å². The Morgan fingerprint density at radius 2 is 1.67 bits per heavy atom. The molecule has 1 unspecified atom stereocenters. The van der Waals surface area contributed by atoms with Crippen LogP contribution in [0.4, 0.5) is 0 Å². The summed E-state index contributed by atoms with van der Waals surface area (Å²) in [7, 11) is 0. The minimum absolute atomic E-state index is 0.00922. The summed E-state index contributed by atoms with van der Waals surface area (Å²) in [6.07, 6.45) is 1.31. The van der Waals surface area contributed by atoms with E-state index in [-0.39, 0.29) is 65.9 Å². The number of carboxylic acid groups (broad SMARTS) is 1. The number of ether oxygens (including phenoxy) is 1. The smallest absolute Gasteiger partial charge is 0.320 e. The van der Waals surface area contributed by atoms with Crippen LogP contribution in [0, 0.1) is 23.7 Å². The second kappa shape index (κ2) is 15.9. The van der Waals surface area contributed by atoms with Crippen molar-refractivity contribution in [2.24, 2.45) is 40.9 Å². The quantitative estimate of drug-likeness (QED) is 0.151. The number of nitrogens with one attached hydrogen (secondary N) is 1. The molecule has 0 aliphatic carbocycles. The van der Waals surface area contributed by atoms with Crippen molar-refractivity contribution in [1.29, 1.82) is 0 Å². The van der Waals surface area contributed by atoms with Gasteiger partial charge in [-0.15, -0.1) is 0 Å². The number of aliphatic hydroxyl groups excluding tert-OH is 1. The number of carboxylic acids is 1. The largest absolute Gasteiger partial charge is 0.491 e. The first kappa shape index (κ1) is 34.4. The molecule has 0 bridgehead atoms. The van der Waals surface area contributed by atoms with E-state index in [1.165, 1.54) is 6.08 Å². The minimum atomic E-state index is -1.45. The summed E-state index contributed by atoms with van der Waals surface area (Å²) in [6, 6.07) is -2.69. The van der Waals surface area contributed by atoms with E-state index in [0.29, 0.717) is 6.42 Å². The van der Waals surface area contributed by atoms with Crippen molar-refractivity contribution in [2.75, 3.05) is 13.2 Å². The number of carbonyl (C=O) groups excluding carboxylic acids is 3. The molecule has 1 heterocycles. The van der Waals surface area contributed by atoms with Crippen LogP contribution in [-0.4, -0.2) is 71.0 Å². The highest BCUT2D eigenvalue weighted by Gasteiger charge is 2.34. The summed E-state index contributed by atoms with van der Waals surface area (Å²) >= 11 is 0. The number of carbonyl (C=O) groups is 4. The van der Waals surface area contributed by atoms with Gasteiger partial charge in [-0.1, -0.05) is 48.0 Å². The Bertz CT molecular complexity index is 944. The third kappa shape index (κ3) is 10.5. The molecule has 39 heavy (non-hydrogen) atoms. The van der Waals surface area contributed by atoms with E-state index in [1.54, 1.807) is 0 Å². The lowest BCUT2D eigenvalue weighted by atomic mass is 9.79. The maximum absolute atomic E-state index is 13.7. The fraction of sp³-hybridized carbons (Fsp3) is 0.714. The highest BCUT2D eigenvalue weighted by Crippen LogP contribution is 2.29. The molecule has 0 aromatic carbocycles. The van der Waals surface area contributed by atoms with E-state index in [9.17, 15) is 29.4 Å². The maximum atomic E-state index is 13.7. The van der Waals surface area contributed by atoms with Crippen LogP contribution < -0.4 is 22.5 Å². The average molecular weight is 553 g/mol. The highest BCUT2D eigenvalue weighted by atomic mass is 16.5. The predicted octanol–water partition coefficient (Wildman–Crippen LogP) is 1.02. The van der Waals surface area contributed by atoms with Crippen molar-refractivity contribution in [3.63, 3.8) is 0 Å². The van der Waals surface area contributed by atoms with Gasteiger partial charge < -0.3 is 37.5 Å². The summed E-state index contributed by atoms with van der Waals surface area (Å²) in [4.78, 5) is 50.6. The van der Waals surface area contributed by atoms with Gasteiger partial charge in [0, 0.05) is 29.5 Å². The van der Waals surface area contributed by atoms with Crippen molar-refractivity contribution in [2.45, 2.75) is 91.5 Å². The predicted molar refractivity (Wildman–Crippen MR) is 148 cm³/mol. The third-order valence-corrected chi connectivity index (χ3v) is 7.22. The zero-order valence-electron chi connectivity index (χ0n) is 24.1. The lowest BCUT2D eigenvalue weighted by Gasteiger charge is -2.29.